The summed E-state index contributed by atoms with van der Waals surface area (Å²) in [7, 11) is 0. The first-order valence-corrected chi connectivity index (χ1v) is 10.00. The highest BCUT2D eigenvalue weighted by molar-refractivity contribution is 5.94. The van der Waals surface area contributed by atoms with Gasteiger partial charge in [0.2, 0.25) is 0 Å². The number of rotatable bonds is 5. The molecular formula is C23H27ClN2O3. The molecular weight excluding hydrogens is 388 g/mol. The number of benzene rings is 2. The zero-order chi connectivity index (χ0) is 19.5. The first kappa shape index (κ1) is 21.3. The van der Waals surface area contributed by atoms with E-state index in [1.54, 1.807) is 0 Å². The molecule has 154 valence electrons. The Morgan fingerprint density at radius 3 is 2.45 bits per heavy atom. The lowest BCUT2D eigenvalue weighted by molar-refractivity contribution is 0.0353. The van der Waals surface area contributed by atoms with Crippen LogP contribution in [-0.4, -0.2) is 54.4 Å². The van der Waals surface area contributed by atoms with Crippen molar-refractivity contribution in [1.29, 1.82) is 0 Å². The smallest absolute Gasteiger partial charge is 0.339 e. The molecule has 0 aromatic heterocycles. The Bertz CT molecular complexity index is 861. The summed E-state index contributed by atoms with van der Waals surface area (Å²) in [6.45, 7) is 6.28. The van der Waals surface area contributed by atoms with Gasteiger partial charge in [-0.25, -0.2) is 4.79 Å². The summed E-state index contributed by atoms with van der Waals surface area (Å²) < 4.78 is 5.52. The lowest BCUT2D eigenvalue weighted by atomic mass is 10.0. The molecule has 2 heterocycles. The normalized spacial score (nSPS) is 18.7. The molecule has 1 saturated heterocycles. The highest BCUT2D eigenvalue weighted by atomic mass is 35.5. The van der Waals surface area contributed by atoms with Gasteiger partial charge in [0.25, 0.3) is 5.91 Å². The van der Waals surface area contributed by atoms with Crippen molar-refractivity contribution in [3.63, 3.8) is 0 Å². The minimum absolute atomic E-state index is 0. The highest BCUT2D eigenvalue weighted by Crippen LogP contribution is 2.33. The van der Waals surface area contributed by atoms with Crippen molar-refractivity contribution in [2.24, 2.45) is 0 Å². The molecule has 0 radical (unpaired) electrons. The monoisotopic (exact) mass is 414 g/mol. The predicted molar refractivity (Wildman–Crippen MR) is 115 cm³/mol. The number of esters is 1. The molecule has 0 N–H and O–H groups in total. The molecule has 2 aliphatic heterocycles. The molecule has 0 spiro atoms. The van der Waals surface area contributed by atoms with E-state index >= 15 is 0 Å². The van der Waals surface area contributed by atoms with Gasteiger partial charge in [-0.05, 0) is 44.5 Å². The summed E-state index contributed by atoms with van der Waals surface area (Å²) in [6, 6.07) is 15.4. The van der Waals surface area contributed by atoms with Crippen LogP contribution >= 0.6 is 12.4 Å². The average Bonchev–Trinajstić information content (AvgIpc) is 3.05. The summed E-state index contributed by atoms with van der Waals surface area (Å²) in [6.07, 6.45) is 1.69. The number of amides is 1. The SMILES string of the molecule is Cc1ccc(C(=O)N2CCN(CCCC3OC(=O)c4ccccc43)CC2)cc1.Cl. The van der Waals surface area contributed by atoms with Crippen molar-refractivity contribution >= 4 is 24.3 Å². The third-order valence-electron chi connectivity index (χ3n) is 5.68. The number of carbonyl (C=O) groups excluding carboxylic acids is 2. The number of halogens is 1. The Morgan fingerprint density at radius 2 is 1.72 bits per heavy atom. The van der Waals surface area contributed by atoms with Crippen molar-refractivity contribution in [3.8, 4) is 0 Å². The fraction of sp³-hybridized carbons (Fsp3) is 0.391. The zero-order valence-electron chi connectivity index (χ0n) is 16.7. The quantitative estimate of drug-likeness (QED) is 0.697. The molecule has 5 nitrogen and oxygen atoms in total. The summed E-state index contributed by atoms with van der Waals surface area (Å²) in [4.78, 5) is 28.8. The van der Waals surface area contributed by atoms with Crippen molar-refractivity contribution in [1.82, 2.24) is 9.80 Å². The van der Waals surface area contributed by atoms with Crippen molar-refractivity contribution in [3.05, 3.63) is 70.8 Å². The van der Waals surface area contributed by atoms with Gasteiger partial charge in [0.05, 0.1) is 5.56 Å². The molecule has 6 heteroatoms. The maximum Gasteiger partial charge on any atom is 0.339 e. The Morgan fingerprint density at radius 1 is 1.03 bits per heavy atom. The number of aryl methyl sites for hydroxylation is 1. The molecule has 0 saturated carbocycles. The van der Waals surface area contributed by atoms with Crippen molar-refractivity contribution < 1.29 is 14.3 Å². The molecule has 2 aromatic carbocycles. The van der Waals surface area contributed by atoms with Crippen LogP contribution in [-0.2, 0) is 4.74 Å². The number of nitrogens with zero attached hydrogens (tertiary/aromatic N) is 2. The number of fused-ring (bicyclic) bond motifs is 1. The minimum Gasteiger partial charge on any atom is -0.454 e. The third-order valence-corrected chi connectivity index (χ3v) is 5.68. The van der Waals surface area contributed by atoms with Crippen molar-refractivity contribution in [2.75, 3.05) is 32.7 Å². The number of carbonyl (C=O) groups is 2. The van der Waals surface area contributed by atoms with E-state index in [1.165, 1.54) is 0 Å². The maximum atomic E-state index is 12.6. The number of ether oxygens (including phenoxy) is 1. The highest BCUT2D eigenvalue weighted by Gasteiger charge is 2.30. The second-order valence-corrected chi connectivity index (χ2v) is 7.62. The van der Waals surface area contributed by atoms with E-state index in [-0.39, 0.29) is 30.4 Å². The summed E-state index contributed by atoms with van der Waals surface area (Å²) >= 11 is 0. The van der Waals surface area contributed by atoms with Crippen molar-refractivity contribution in [2.45, 2.75) is 25.9 Å². The van der Waals surface area contributed by atoms with Gasteiger partial charge in [-0.3, -0.25) is 9.69 Å². The Balaban J connectivity index is 0.00000240. The van der Waals surface area contributed by atoms with Gasteiger partial charge in [0.1, 0.15) is 6.10 Å². The summed E-state index contributed by atoms with van der Waals surface area (Å²) in [5.74, 6) is -0.0852. The van der Waals surface area contributed by atoms with E-state index in [4.69, 9.17) is 4.74 Å². The molecule has 1 atom stereocenters. The molecule has 2 aliphatic rings. The van der Waals surface area contributed by atoms with E-state index in [1.807, 2.05) is 60.4 Å². The van der Waals surface area contributed by atoms with Gasteiger partial charge >= 0.3 is 5.97 Å². The minimum atomic E-state index is -0.205. The summed E-state index contributed by atoms with van der Waals surface area (Å²) in [5, 5.41) is 0. The van der Waals surface area contributed by atoms with Gasteiger partial charge in [-0.15, -0.1) is 12.4 Å². The van der Waals surface area contributed by atoms with Gasteiger partial charge in [0, 0.05) is 37.3 Å². The molecule has 0 bridgehead atoms. The Kier molecular flexibility index (Phi) is 6.93. The number of hydrogen-bond donors (Lipinski definition) is 0. The fourth-order valence-corrected chi connectivity index (χ4v) is 3.99. The van der Waals surface area contributed by atoms with Crippen LogP contribution in [0.4, 0.5) is 0 Å². The second-order valence-electron chi connectivity index (χ2n) is 7.62. The fourth-order valence-electron chi connectivity index (χ4n) is 3.99. The van der Waals surface area contributed by atoms with Crippen LogP contribution in [0.25, 0.3) is 0 Å². The van der Waals surface area contributed by atoms with E-state index in [0.29, 0.717) is 5.56 Å². The van der Waals surface area contributed by atoms with Crippen LogP contribution in [0.5, 0.6) is 0 Å². The molecule has 4 rings (SSSR count). The standard InChI is InChI=1S/C23H26N2O3.ClH/c1-17-8-10-18(11-9-17)22(26)25-15-13-24(14-16-25)12-4-7-21-19-5-2-3-6-20(19)23(27)28-21;/h2-3,5-6,8-11,21H,4,7,12-16H2,1H3;1H. The third kappa shape index (κ3) is 4.80. The van der Waals surface area contributed by atoms with Crippen LogP contribution in [0.2, 0.25) is 0 Å². The van der Waals surface area contributed by atoms with E-state index in [9.17, 15) is 9.59 Å². The van der Waals surface area contributed by atoms with Crippen LogP contribution in [0.3, 0.4) is 0 Å². The van der Waals surface area contributed by atoms with E-state index < -0.39 is 0 Å². The van der Waals surface area contributed by atoms with Gasteiger partial charge in [0.15, 0.2) is 0 Å². The van der Waals surface area contributed by atoms with Gasteiger partial charge in [-0.1, -0.05) is 35.9 Å². The Labute approximate surface area is 178 Å². The summed E-state index contributed by atoms with van der Waals surface area (Å²) in [5.41, 5.74) is 3.65. The first-order chi connectivity index (χ1) is 13.6. The first-order valence-electron chi connectivity index (χ1n) is 10.00. The molecule has 2 aromatic rings. The van der Waals surface area contributed by atoms with E-state index in [2.05, 4.69) is 4.90 Å². The largest absolute Gasteiger partial charge is 0.454 e. The number of piperazine rings is 1. The van der Waals surface area contributed by atoms with Crippen LogP contribution in [0.1, 0.15) is 50.8 Å². The van der Waals surface area contributed by atoms with Crippen LogP contribution in [0.15, 0.2) is 48.5 Å². The molecule has 1 unspecified atom stereocenters. The predicted octanol–water partition coefficient (Wildman–Crippen LogP) is 3.87. The second kappa shape index (κ2) is 9.42. The van der Waals surface area contributed by atoms with E-state index in [0.717, 1.165) is 62.3 Å². The molecule has 1 fully saturated rings. The lowest BCUT2D eigenvalue weighted by Crippen LogP contribution is -2.48. The topological polar surface area (TPSA) is 49.9 Å². The van der Waals surface area contributed by atoms with Gasteiger partial charge < -0.3 is 9.64 Å². The van der Waals surface area contributed by atoms with Gasteiger partial charge in [-0.2, -0.15) is 0 Å². The average molecular weight is 415 g/mol. The van der Waals surface area contributed by atoms with Crippen LogP contribution < -0.4 is 0 Å². The molecule has 0 aliphatic carbocycles. The molecule has 1 amide bonds. The number of cyclic esters (lactones) is 1. The lowest BCUT2D eigenvalue weighted by Gasteiger charge is -2.35. The Hall–Kier alpha value is -2.37. The zero-order valence-corrected chi connectivity index (χ0v) is 17.5. The maximum absolute atomic E-state index is 12.6. The molecule has 29 heavy (non-hydrogen) atoms. The number of hydrogen-bond acceptors (Lipinski definition) is 4. The van der Waals surface area contributed by atoms with Crippen LogP contribution in [0, 0.1) is 6.92 Å².